The van der Waals surface area contributed by atoms with E-state index >= 15 is 0 Å². The molecular formula is C14H23N3. The molecule has 1 saturated heterocycles. The van der Waals surface area contributed by atoms with Crippen LogP contribution in [0, 0.1) is 6.92 Å². The van der Waals surface area contributed by atoms with Gasteiger partial charge >= 0.3 is 0 Å². The van der Waals surface area contributed by atoms with Crippen molar-refractivity contribution in [3.8, 4) is 0 Å². The standard InChI is InChI=1S/C14H23N3/c1-3-5-13-11-17(7-4-6-16-13)14-8-12(2)9-15-10-14/h8-10,13,16H,3-7,11H2,1-2H3. The van der Waals surface area contributed by atoms with Crippen LogP contribution in [0.4, 0.5) is 5.69 Å². The summed E-state index contributed by atoms with van der Waals surface area (Å²) in [6.07, 6.45) is 7.63. The number of hydrogen-bond donors (Lipinski definition) is 1. The predicted octanol–water partition coefficient (Wildman–Crippen LogP) is 2.36. The molecule has 3 nitrogen and oxygen atoms in total. The van der Waals surface area contributed by atoms with Crippen molar-refractivity contribution >= 4 is 5.69 Å². The molecule has 3 heteroatoms. The highest BCUT2D eigenvalue weighted by Crippen LogP contribution is 2.17. The monoisotopic (exact) mass is 233 g/mol. The Kier molecular flexibility index (Phi) is 4.37. The Bertz CT molecular complexity index is 351. The van der Waals surface area contributed by atoms with Crippen LogP contribution in [0.15, 0.2) is 18.5 Å². The summed E-state index contributed by atoms with van der Waals surface area (Å²) >= 11 is 0. The van der Waals surface area contributed by atoms with Crippen molar-refractivity contribution in [2.45, 2.75) is 39.2 Å². The number of hydrogen-bond acceptors (Lipinski definition) is 3. The fourth-order valence-electron chi connectivity index (χ4n) is 2.49. The van der Waals surface area contributed by atoms with E-state index in [9.17, 15) is 0 Å². The van der Waals surface area contributed by atoms with Crippen molar-refractivity contribution in [1.82, 2.24) is 10.3 Å². The molecule has 94 valence electrons. The minimum Gasteiger partial charge on any atom is -0.369 e. The fraction of sp³-hybridized carbons (Fsp3) is 0.643. The van der Waals surface area contributed by atoms with Crippen LogP contribution in [-0.4, -0.2) is 30.7 Å². The average Bonchev–Trinajstić information content (AvgIpc) is 2.55. The van der Waals surface area contributed by atoms with Gasteiger partial charge in [0.2, 0.25) is 0 Å². The summed E-state index contributed by atoms with van der Waals surface area (Å²) in [4.78, 5) is 6.77. The van der Waals surface area contributed by atoms with Crippen LogP contribution in [0.25, 0.3) is 0 Å². The van der Waals surface area contributed by atoms with Gasteiger partial charge in [-0.3, -0.25) is 4.98 Å². The Morgan fingerprint density at radius 2 is 2.35 bits per heavy atom. The number of nitrogens with zero attached hydrogens (tertiary/aromatic N) is 2. The van der Waals surface area contributed by atoms with E-state index < -0.39 is 0 Å². The van der Waals surface area contributed by atoms with Crippen LogP contribution in [-0.2, 0) is 0 Å². The summed E-state index contributed by atoms with van der Waals surface area (Å²) in [5, 5.41) is 3.63. The van der Waals surface area contributed by atoms with Crippen LogP contribution in [0.3, 0.4) is 0 Å². The van der Waals surface area contributed by atoms with Crippen LogP contribution in [0.2, 0.25) is 0 Å². The predicted molar refractivity (Wildman–Crippen MR) is 72.5 cm³/mol. The lowest BCUT2D eigenvalue weighted by Crippen LogP contribution is -2.37. The van der Waals surface area contributed by atoms with Gasteiger partial charge in [0.1, 0.15) is 0 Å². The smallest absolute Gasteiger partial charge is 0.0555 e. The molecule has 1 unspecified atom stereocenters. The Balaban J connectivity index is 2.08. The Morgan fingerprint density at radius 3 is 3.12 bits per heavy atom. The SMILES string of the molecule is CCCC1CN(c2cncc(C)c2)CCCN1. The molecule has 1 fully saturated rings. The maximum Gasteiger partial charge on any atom is 0.0555 e. The van der Waals surface area contributed by atoms with E-state index in [2.05, 4.69) is 35.1 Å². The molecule has 1 atom stereocenters. The molecule has 0 aliphatic carbocycles. The highest BCUT2D eigenvalue weighted by atomic mass is 15.2. The summed E-state index contributed by atoms with van der Waals surface area (Å²) in [7, 11) is 0. The van der Waals surface area contributed by atoms with Gasteiger partial charge in [-0.25, -0.2) is 0 Å². The van der Waals surface area contributed by atoms with E-state index in [1.165, 1.54) is 30.5 Å². The summed E-state index contributed by atoms with van der Waals surface area (Å²) in [5.74, 6) is 0. The average molecular weight is 233 g/mol. The Morgan fingerprint density at radius 1 is 1.47 bits per heavy atom. The molecule has 0 saturated carbocycles. The normalized spacial score (nSPS) is 21.3. The third-order valence-electron chi connectivity index (χ3n) is 3.34. The van der Waals surface area contributed by atoms with E-state index in [1.807, 2.05) is 12.4 Å². The Hall–Kier alpha value is -1.09. The number of aryl methyl sites for hydroxylation is 1. The molecule has 2 heterocycles. The van der Waals surface area contributed by atoms with Crippen LogP contribution in [0.5, 0.6) is 0 Å². The van der Waals surface area contributed by atoms with Gasteiger partial charge in [-0.05, 0) is 37.9 Å². The van der Waals surface area contributed by atoms with Crippen LogP contribution < -0.4 is 10.2 Å². The summed E-state index contributed by atoms with van der Waals surface area (Å²) in [6.45, 7) is 7.75. The van der Waals surface area contributed by atoms with Gasteiger partial charge in [0, 0.05) is 25.3 Å². The first-order valence-corrected chi connectivity index (χ1v) is 6.69. The first-order valence-electron chi connectivity index (χ1n) is 6.69. The van der Waals surface area contributed by atoms with Gasteiger partial charge in [-0.2, -0.15) is 0 Å². The van der Waals surface area contributed by atoms with E-state index in [0.29, 0.717) is 6.04 Å². The van der Waals surface area contributed by atoms with Gasteiger partial charge < -0.3 is 10.2 Å². The molecule has 1 aliphatic rings. The van der Waals surface area contributed by atoms with Crippen molar-refractivity contribution in [1.29, 1.82) is 0 Å². The molecule has 1 aromatic heterocycles. The second kappa shape index (κ2) is 6.01. The largest absolute Gasteiger partial charge is 0.369 e. The molecule has 2 rings (SSSR count). The summed E-state index contributed by atoms with van der Waals surface area (Å²) in [6, 6.07) is 2.87. The number of nitrogens with one attached hydrogen (secondary N) is 1. The third kappa shape index (κ3) is 3.43. The lowest BCUT2D eigenvalue weighted by atomic mass is 10.1. The zero-order valence-corrected chi connectivity index (χ0v) is 10.9. The minimum absolute atomic E-state index is 0.628. The molecule has 0 bridgehead atoms. The molecular weight excluding hydrogens is 210 g/mol. The molecule has 1 aliphatic heterocycles. The van der Waals surface area contributed by atoms with Gasteiger partial charge in [-0.15, -0.1) is 0 Å². The molecule has 1 N–H and O–H groups in total. The number of rotatable bonds is 3. The van der Waals surface area contributed by atoms with Gasteiger partial charge in [0.25, 0.3) is 0 Å². The zero-order valence-electron chi connectivity index (χ0n) is 10.9. The lowest BCUT2D eigenvalue weighted by Gasteiger charge is -2.26. The van der Waals surface area contributed by atoms with Gasteiger partial charge in [-0.1, -0.05) is 13.3 Å². The molecule has 17 heavy (non-hydrogen) atoms. The topological polar surface area (TPSA) is 28.2 Å². The maximum absolute atomic E-state index is 4.30. The van der Waals surface area contributed by atoms with E-state index in [0.717, 1.165) is 19.6 Å². The number of aromatic nitrogens is 1. The van der Waals surface area contributed by atoms with Gasteiger partial charge in [0.05, 0.1) is 11.9 Å². The van der Waals surface area contributed by atoms with Crippen molar-refractivity contribution < 1.29 is 0 Å². The van der Waals surface area contributed by atoms with Crippen molar-refractivity contribution in [2.24, 2.45) is 0 Å². The summed E-state index contributed by atoms with van der Waals surface area (Å²) < 4.78 is 0. The first-order chi connectivity index (χ1) is 8.29. The summed E-state index contributed by atoms with van der Waals surface area (Å²) in [5.41, 5.74) is 2.52. The molecule has 1 aromatic rings. The fourth-order valence-corrected chi connectivity index (χ4v) is 2.49. The Labute approximate surface area is 104 Å². The zero-order chi connectivity index (χ0) is 12.1. The minimum atomic E-state index is 0.628. The molecule has 0 aromatic carbocycles. The van der Waals surface area contributed by atoms with Crippen LogP contribution >= 0.6 is 0 Å². The van der Waals surface area contributed by atoms with Gasteiger partial charge in [0.15, 0.2) is 0 Å². The first kappa shape index (κ1) is 12.4. The lowest BCUT2D eigenvalue weighted by molar-refractivity contribution is 0.502. The van der Waals surface area contributed by atoms with E-state index in [4.69, 9.17) is 0 Å². The highest BCUT2D eigenvalue weighted by Gasteiger charge is 2.17. The number of pyridine rings is 1. The van der Waals surface area contributed by atoms with E-state index in [-0.39, 0.29) is 0 Å². The quantitative estimate of drug-likeness (QED) is 0.868. The van der Waals surface area contributed by atoms with E-state index in [1.54, 1.807) is 0 Å². The third-order valence-corrected chi connectivity index (χ3v) is 3.34. The van der Waals surface area contributed by atoms with Crippen LogP contribution in [0.1, 0.15) is 31.7 Å². The second-order valence-electron chi connectivity index (χ2n) is 4.96. The maximum atomic E-state index is 4.30. The molecule has 0 spiro atoms. The van der Waals surface area contributed by atoms with Crippen molar-refractivity contribution in [3.05, 3.63) is 24.0 Å². The molecule has 0 amide bonds. The van der Waals surface area contributed by atoms with Crippen molar-refractivity contribution in [2.75, 3.05) is 24.5 Å². The number of anilines is 1. The second-order valence-corrected chi connectivity index (χ2v) is 4.96. The highest BCUT2D eigenvalue weighted by molar-refractivity contribution is 5.46. The molecule has 0 radical (unpaired) electrons. The van der Waals surface area contributed by atoms with Crippen molar-refractivity contribution in [3.63, 3.8) is 0 Å².